The number of hydrogen-bond donors (Lipinski definition) is 0. The van der Waals surface area contributed by atoms with E-state index in [-0.39, 0.29) is 6.10 Å². The first-order chi connectivity index (χ1) is 11.6. The van der Waals surface area contributed by atoms with Crippen LogP contribution >= 0.6 is 0 Å². The van der Waals surface area contributed by atoms with Gasteiger partial charge in [0.1, 0.15) is 0 Å². The van der Waals surface area contributed by atoms with E-state index in [1.165, 1.54) is 12.8 Å². The molecule has 1 heterocycles. The Morgan fingerprint density at radius 1 is 0.958 bits per heavy atom. The average Bonchev–Trinajstić information content (AvgIpc) is 3.33. The van der Waals surface area contributed by atoms with Crippen LogP contribution in [0.25, 0.3) is 0 Å². The van der Waals surface area contributed by atoms with Gasteiger partial charge in [0.2, 0.25) is 0 Å². The SMILES string of the molecule is CCCCO[Si](C)(OCCCC)OC(CCC)C1CCC2OC2C1. The molecule has 1 saturated heterocycles. The molecule has 2 rings (SSSR count). The molecule has 142 valence electrons. The number of rotatable bonds is 13. The molecule has 5 heteroatoms. The number of hydrogen-bond acceptors (Lipinski definition) is 4. The van der Waals surface area contributed by atoms with Crippen molar-refractivity contribution in [1.82, 2.24) is 0 Å². The van der Waals surface area contributed by atoms with Crippen molar-refractivity contribution < 1.29 is 18.0 Å². The fourth-order valence-corrected chi connectivity index (χ4v) is 5.75. The molecule has 0 aromatic rings. The molecule has 4 nitrogen and oxygen atoms in total. The largest absolute Gasteiger partial charge is 0.497 e. The Morgan fingerprint density at radius 3 is 2.17 bits per heavy atom. The first kappa shape index (κ1) is 20.4. The molecule has 1 aliphatic carbocycles. The van der Waals surface area contributed by atoms with Crippen LogP contribution in [0.2, 0.25) is 6.55 Å². The Hall–Kier alpha value is 0.0569. The van der Waals surface area contributed by atoms with Gasteiger partial charge in [-0.15, -0.1) is 0 Å². The molecule has 0 N–H and O–H groups in total. The van der Waals surface area contributed by atoms with Gasteiger partial charge in [0.15, 0.2) is 0 Å². The molecule has 0 radical (unpaired) electrons. The van der Waals surface area contributed by atoms with Gasteiger partial charge in [0, 0.05) is 19.8 Å². The molecule has 4 atom stereocenters. The standard InChI is InChI=1S/C19H38O4Si/c1-5-8-13-20-24(4,21-14-9-6-2)23-17(10-7-3)16-11-12-18-19(15-16)22-18/h16-19H,5-15H2,1-4H3. The maximum absolute atomic E-state index is 6.62. The van der Waals surface area contributed by atoms with Gasteiger partial charge in [-0.25, -0.2) is 0 Å². The van der Waals surface area contributed by atoms with Crippen molar-refractivity contribution in [3.63, 3.8) is 0 Å². The first-order valence-electron chi connectivity index (χ1n) is 10.2. The molecule has 1 saturated carbocycles. The third-order valence-corrected chi connectivity index (χ3v) is 7.42. The van der Waals surface area contributed by atoms with Crippen LogP contribution in [0.5, 0.6) is 0 Å². The molecular weight excluding hydrogens is 320 g/mol. The lowest BCUT2D eigenvalue weighted by Gasteiger charge is -2.35. The van der Waals surface area contributed by atoms with E-state index in [9.17, 15) is 0 Å². The van der Waals surface area contributed by atoms with Crippen LogP contribution in [0.3, 0.4) is 0 Å². The van der Waals surface area contributed by atoms with Crippen molar-refractivity contribution in [2.24, 2.45) is 5.92 Å². The fraction of sp³-hybridized carbons (Fsp3) is 1.00. The summed E-state index contributed by atoms with van der Waals surface area (Å²) in [6.45, 7) is 10.2. The minimum Gasteiger partial charge on any atom is -0.374 e. The predicted molar refractivity (Wildman–Crippen MR) is 99.1 cm³/mol. The lowest BCUT2D eigenvalue weighted by molar-refractivity contribution is -0.00140. The van der Waals surface area contributed by atoms with Gasteiger partial charge in [-0.3, -0.25) is 0 Å². The second kappa shape index (κ2) is 10.3. The van der Waals surface area contributed by atoms with Gasteiger partial charge in [-0.1, -0.05) is 40.0 Å². The maximum Gasteiger partial charge on any atom is 0.497 e. The van der Waals surface area contributed by atoms with Gasteiger partial charge in [0.25, 0.3) is 0 Å². The van der Waals surface area contributed by atoms with E-state index in [0.29, 0.717) is 18.1 Å². The summed E-state index contributed by atoms with van der Waals surface area (Å²) in [6.07, 6.45) is 11.6. The third kappa shape index (κ3) is 6.41. The van der Waals surface area contributed by atoms with E-state index in [2.05, 4.69) is 27.3 Å². The molecule has 0 bridgehead atoms. The molecule has 0 spiro atoms. The van der Waals surface area contributed by atoms with Crippen molar-refractivity contribution in [3.8, 4) is 0 Å². The Bertz CT molecular complexity index is 342. The van der Waals surface area contributed by atoms with E-state index in [1.54, 1.807) is 0 Å². The maximum atomic E-state index is 6.62. The summed E-state index contributed by atoms with van der Waals surface area (Å²) in [5.41, 5.74) is 0. The van der Waals surface area contributed by atoms with Crippen molar-refractivity contribution in [1.29, 1.82) is 0 Å². The zero-order chi connectivity index (χ0) is 17.4. The van der Waals surface area contributed by atoms with Crippen LogP contribution in [-0.2, 0) is 18.0 Å². The van der Waals surface area contributed by atoms with Crippen molar-refractivity contribution in [2.45, 2.75) is 103 Å². The quantitative estimate of drug-likeness (QED) is 0.265. The molecule has 0 amide bonds. The Morgan fingerprint density at radius 2 is 1.62 bits per heavy atom. The summed E-state index contributed by atoms with van der Waals surface area (Å²) < 4.78 is 24.7. The second-order valence-electron chi connectivity index (χ2n) is 7.50. The summed E-state index contributed by atoms with van der Waals surface area (Å²) >= 11 is 0. The molecular formula is C19H38O4Si. The van der Waals surface area contributed by atoms with E-state index < -0.39 is 8.80 Å². The molecule has 4 unspecified atom stereocenters. The minimum atomic E-state index is -2.56. The van der Waals surface area contributed by atoms with Crippen LogP contribution < -0.4 is 0 Å². The summed E-state index contributed by atoms with van der Waals surface area (Å²) in [5, 5.41) is 0. The summed E-state index contributed by atoms with van der Waals surface area (Å²) in [4.78, 5) is 0. The van der Waals surface area contributed by atoms with E-state index in [0.717, 1.165) is 58.2 Å². The highest BCUT2D eigenvalue weighted by molar-refractivity contribution is 6.59. The van der Waals surface area contributed by atoms with Gasteiger partial charge in [-0.05, 0) is 44.4 Å². The lowest BCUT2D eigenvalue weighted by atomic mass is 9.84. The minimum absolute atomic E-state index is 0.264. The van der Waals surface area contributed by atoms with Crippen LogP contribution in [-0.4, -0.2) is 40.3 Å². The Labute approximate surface area is 150 Å². The van der Waals surface area contributed by atoms with E-state index >= 15 is 0 Å². The average molecular weight is 359 g/mol. The highest BCUT2D eigenvalue weighted by atomic mass is 28.4. The zero-order valence-corrected chi connectivity index (χ0v) is 17.2. The molecule has 0 aromatic heterocycles. The first-order valence-corrected chi connectivity index (χ1v) is 12.5. The van der Waals surface area contributed by atoms with Gasteiger partial charge in [-0.2, -0.15) is 0 Å². The van der Waals surface area contributed by atoms with Gasteiger partial charge in [0.05, 0.1) is 18.3 Å². The van der Waals surface area contributed by atoms with Crippen LogP contribution in [0.4, 0.5) is 0 Å². The van der Waals surface area contributed by atoms with E-state index in [4.69, 9.17) is 18.0 Å². The molecule has 24 heavy (non-hydrogen) atoms. The topological polar surface area (TPSA) is 40.2 Å². The smallest absolute Gasteiger partial charge is 0.374 e. The molecule has 0 aromatic carbocycles. The number of epoxide rings is 1. The Balaban J connectivity index is 1.93. The number of fused-ring (bicyclic) bond motifs is 1. The fourth-order valence-electron chi connectivity index (χ4n) is 3.64. The highest BCUT2D eigenvalue weighted by Crippen LogP contribution is 2.42. The molecule has 2 aliphatic rings. The summed E-state index contributed by atoms with van der Waals surface area (Å²) in [5.74, 6) is 0.602. The number of unbranched alkanes of at least 4 members (excludes halogenated alkanes) is 2. The van der Waals surface area contributed by atoms with Gasteiger partial charge >= 0.3 is 8.80 Å². The monoisotopic (exact) mass is 358 g/mol. The zero-order valence-electron chi connectivity index (χ0n) is 16.2. The summed E-state index contributed by atoms with van der Waals surface area (Å²) in [7, 11) is -2.56. The number of ether oxygens (including phenoxy) is 1. The van der Waals surface area contributed by atoms with Crippen LogP contribution in [0.15, 0.2) is 0 Å². The second-order valence-corrected chi connectivity index (χ2v) is 10.0. The molecule has 1 aliphatic heterocycles. The normalized spacial score (nSPS) is 27.8. The van der Waals surface area contributed by atoms with Gasteiger partial charge < -0.3 is 18.0 Å². The lowest BCUT2D eigenvalue weighted by Crippen LogP contribution is -2.48. The van der Waals surface area contributed by atoms with E-state index in [1.807, 2.05) is 0 Å². The highest BCUT2D eigenvalue weighted by Gasteiger charge is 2.47. The predicted octanol–water partition coefficient (Wildman–Crippen LogP) is 4.94. The third-order valence-electron chi connectivity index (χ3n) is 5.23. The van der Waals surface area contributed by atoms with Crippen molar-refractivity contribution >= 4 is 8.80 Å². The molecule has 2 fully saturated rings. The Kier molecular flexibility index (Phi) is 8.71. The van der Waals surface area contributed by atoms with Crippen molar-refractivity contribution in [3.05, 3.63) is 0 Å². The summed E-state index contributed by atoms with van der Waals surface area (Å²) in [6, 6.07) is 0. The van der Waals surface area contributed by atoms with Crippen LogP contribution in [0.1, 0.15) is 78.6 Å². The van der Waals surface area contributed by atoms with Crippen molar-refractivity contribution in [2.75, 3.05) is 13.2 Å². The van der Waals surface area contributed by atoms with Crippen LogP contribution in [0, 0.1) is 5.92 Å².